The topological polar surface area (TPSA) is 58.4 Å². The van der Waals surface area contributed by atoms with Crippen LogP contribution in [0.5, 0.6) is 0 Å². The zero-order chi connectivity index (χ0) is 19.5. The molecule has 0 bridgehead atoms. The molecular formula is C24H25N3O. The molecule has 1 aliphatic rings. The van der Waals surface area contributed by atoms with Gasteiger partial charge in [0.1, 0.15) is 0 Å². The molecule has 4 rings (SSSR count). The van der Waals surface area contributed by atoms with Gasteiger partial charge in [-0.2, -0.15) is 0 Å². The van der Waals surface area contributed by atoms with E-state index in [1.165, 1.54) is 0 Å². The Morgan fingerprint density at radius 1 is 1.04 bits per heavy atom. The number of nitrogens with zero attached hydrogens (tertiary/aromatic N) is 1. The fourth-order valence-corrected chi connectivity index (χ4v) is 3.82. The summed E-state index contributed by atoms with van der Waals surface area (Å²) in [6.07, 6.45) is 1.75. The SMILES string of the molecule is Cc1ccc2c(c1)C(N)CCCN2C(=O)Nc1ccccc1-c1ccccc1. The van der Waals surface area contributed by atoms with Crippen molar-refractivity contribution in [2.75, 3.05) is 16.8 Å². The van der Waals surface area contributed by atoms with Crippen LogP contribution in [0.15, 0.2) is 72.8 Å². The van der Waals surface area contributed by atoms with Crippen LogP contribution in [-0.2, 0) is 0 Å². The van der Waals surface area contributed by atoms with Crippen LogP contribution in [0.25, 0.3) is 11.1 Å². The van der Waals surface area contributed by atoms with Gasteiger partial charge in [-0.25, -0.2) is 4.79 Å². The number of hydrogen-bond donors (Lipinski definition) is 2. The molecule has 0 saturated carbocycles. The molecule has 4 heteroatoms. The second-order valence-electron chi connectivity index (χ2n) is 7.30. The fourth-order valence-electron chi connectivity index (χ4n) is 3.82. The quantitative estimate of drug-likeness (QED) is 0.625. The van der Waals surface area contributed by atoms with Crippen molar-refractivity contribution in [2.45, 2.75) is 25.8 Å². The van der Waals surface area contributed by atoms with Gasteiger partial charge < -0.3 is 11.1 Å². The van der Waals surface area contributed by atoms with E-state index in [9.17, 15) is 4.79 Å². The standard InChI is InChI=1S/C24H25N3O/c1-17-13-14-23-20(16-17)21(25)11-7-15-27(23)24(28)26-22-12-6-5-10-19(22)18-8-3-2-4-9-18/h2-6,8-10,12-14,16,21H,7,11,15,25H2,1H3,(H,26,28). The molecule has 0 saturated heterocycles. The van der Waals surface area contributed by atoms with Gasteiger partial charge in [0.2, 0.25) is 0 Å². The summed E-state index contributed by atoms with van der Waals surface area (Å²) >= 11 is 0. The van der Waals surface area contributed by atoms with Crippen LogP contribution in [0, 0.1) is 6.92 Å². The van der Waals surface area contributed by atoms with Crippen molar-refractivity contribution in [1.29, 1.82) is 0 Å². The number of aryl methyl sites for hydroxylation is 1. The summed E-state index contributed by atoms with van der Waals surface area (Å²) < 4.78 is 0. The monoisotopic (exact) mass is 371 g/mol. The van der Waals surface area contributed by atoms with Gasteiger partial charge in [0.15, 0.2) is 0 Å². The maximum atomic E-state index is 13.2. The van der Waals surface area contributed by atoms with Gasteiger partial charge in [0.05, 0.1) is 11.4 Å². The van der Waals surface area contributed by atoms with Gasteiger partial charge in [0.25, 0.3) is 0 Å². The second kappa shape index (κ2) is 7.87. The molecule has 2 amide bonds. The molecule has 0 spiro atoms. The normalized spacial score (nSPS) is 16.2. The van der Waals surface area contributed by atoms with Gasteiger partial charge in [0, 0.05) is 18.2 Å². The Kier molecular flexibility index (Phi) is 5.13. The highest BCUT2D eigenvalue weighted by Crippen LogP contribution is 2.34. The van der Waals surface area contributed by atoms with Gasteiger partial charge in [-0.1, -0.05) is 66.2 Å². The summed E-state index contributed by atoms with van der Waals surface area (Å²) in [5.74, 6) is 0. The Hall–Kier alpha value is -3.11. The maximum absolute atomic E-state index is 13.2. The number of urea groups is 1. The summed E-state index contributed by atoms with van der Waals surface area (Å²) in [4.78, 5) is 15.1. The Morgan fingerprint density at radius 2 is 1.79 bits per heavy atom. The maximum Gasteiger partial charge on any atom is 0.326 e. The highest BCUT2D eigenvalue weighted by molar-refractivity contribution is 6.04. The van der Waals surface area contributed by atoms with Crippen molar-refractivity contribution in [3.63, 3.8) is 0 Å². The number of carbonyl (C=O) groups excluding carboxylic acids is 1. The van der Waals surface area contributed by atoms with Crippen molar-refractivity contribution in [1.82, 2.24) is 0 Å². The first-order chi connectivity index (χ1) is 13.6. The molecule has 142 valence electrons. The lowest BCUT2D eigenvalue weighted by molar-refractivity contribution is 0.257. The van der Waals surface area contributed by atoms with E-state index in [2.05, 4.69) is 18.3 Å². The van der Waals surface area contributed by atoms with Gasteiger partial charge in [-0.15, -0.1) is 0 Å². The number of amides is 2. The summed E-state index contributed by atoms with van der Waals surface area (Å²) in [6, 6.07) is 24.0. The van der Waals surface area contributed by atoms with Crippen molar-refractivity contribution >= 4 is 17.4 Å². The average molecular weight is 371 g/mol. The van der Waals surface area contributed by atoms with E-state index >= 15 is 0 Å². The van der Waals surface area contributed by atoms with Gasteiger partial charge >= 0.3 is 6.03 Å². The smallest absolute Gasteiger partial charge is 0.324 e. The zero-order valence-electron chi connectivity index (χ0n) is 16.1. The average Bonchev–Trinajstić information content (AvgIpc) is 2.88. The second-order valence-corrected chi connectivity index (χ2v) is 7.30. The van der Waals surface area contributed by atoms with E-state index < -0.39 is 0 Å². The highest BCUT2D eigenvalue weighted by Gasteiger charge is 2.25. The number of para-hydroxylation sites is 1. The summed E-state index contributed by atoms with van der Waals surface area (Å²) in [5.41, 5.74) is 12.4. The Morgan fingerprint density at radius 3 is 2.61 bits per heavy atom. The molecule has 4 nitrogen and oxygen atoms in total. The van der Waals surface area contributed by atoms with Crippen LogP contribution in [0.2, 0.25) is 0 Å². The van der Waals surface area contributed by atoms with Crippen LogP contribution >= 0.6 is 0 Å². The number of carbonyl (C=O) groups is 1. The van der Waals surface area contributed by atoms with Crippen molar-refractivity contribution in [2.24, 2.45) is 5.73 Å². The van der Waals surface area contributed by atoms with Crippen LogP contribution in [-0.4, -0.2) is 12.6 Å². The molecular weight excluding hydrogens is 346 g/mol. The Labute approximate surface area is 166 Å². The number of benzene rings is 3. The largest absolute Gasteiger partial charge is 0.326 e. The third-order valence-electron chi connectivity index (χ3n) is 5.27. The predicted octanol–water partition coefficient (Wildman–Crippen LogP) is 5.49. The molecule has 0 radical (unpaired) electrons. The number of hydrogen-bond acceptors (Lipinski definition) is 2. The predicted molar refractivity (Wildman–Crippen MR) is 116 cm³/mol. The molecule has 1 heterocycles. The number of nitrogens with two attached hydrogens (primary N) is 1. The Bertz CT molecular complexity index is 984. The van der Waals surface area contributed by atoms with Gasteiger partial charge in [-0.05, 0) is 43.0 Å². The molecule has 1 unspecified atom stereocenters. The summed E-state index contributed by atoms with van der Waals surface area (Å²) in [6.45, 7) is 2.71. The minimum atomic E-state index is -0.123. The molecule has 1 aliphatic heterocycles. The van der Waals surface area contributed by atoms with E-state index in [0.29, 0.717) is 6.54 Å². The fraction of sp³-hybridized carbons (Fsp3) is 0.208. The lowest BCUT2D eigenvalue weighted by atomic mass is 10.0. The van der Waals surface area contributed by atoms with Crippen molar-refractivity contribution in [3.8, 4) is 11.1 Å². The first kappa shape index (κ1) is 18.3. The molecule has 28 heavy (non-hydrogen) atoms. The van der Waals surface area contributed by atoms with E-state index in [0.717, 1.165) is 46.5 Å². The van der Waals surface area contributed by atoms with Crippen LogP contribution < -0.4 is 16.0 Å². The summed E-state index contributed by atoms with van der Waals surface area (Å²) in [7, 11) is 0. The number of anilines is 2. The zero-order valence-corrected chi connectivity index (χ0v) is 16.1. The van der Waals surface area contributed by atoms with Gasteiger partial charge in [-0.3, -0.25) is 4.90 Å². The Balaban J connectivity index is 1.66. The molecule has 0 aliphatic carbocycles. The van der Waals surface area contributed by atoms with E-state index in [1.54, 1.807) is 0 Å². The molecule has 3 aromatic rings. The molecule has 0 aromatic heterocycles. The highest BCUT2D eigenvalue weighted by atomic mass is 16.2. The lowest BCUT2D eigenvalue weighted by Crippen LogP contribution is -2.35. The first-order valence-electron chi connectivity index (χ1n) is 9.72. The van der Waals surface area contributed by atoms with E-state index in [-0.39, 0.29) is 12.1 Å². The van der Waals surface area contributed by atoms with E-state index in [4.69, 9.17) is 5.73 Å². The van der Waals surface area contributed by atoms with Crippen LogP contribution in [0.1, 0.15) is 30.0 Å². The molecule has 1 atom stereocenters. The van der Waals surface area contributed by atoms with Crippen LogP contribution in [0.4, 0.5) is 16.2 Å². The summed E-state index contributed by atoms with van der Waals surface area (Å²) in [5, 5.41) is 3.12. The lowest BCUT2D eigenvalue weighted by Gasteiger charge is -2.25. The van der Waals surface area contributed by atoms with Crippen molar-refractivity contribution < 1.29 is 4.79 Å². The number of rotatable bonds is 2. The number of nitrogens with one attached hydrogen (secondary N) is 1. The minimum Gasteiger partial charge on any atom is -0.324 e. The number of fused-ring (bicyclic) bond motifs is 1. The molecule has 3 aromatic carbocycles. The third-order valence-corrected chi connectivity index (χ3v) is 5.27. The third kappa shape index (κ3) is 3.64. The van der Waals surface area contributed by atoms with Crippen molar-refractivity contribution in [3.05, 3.63) is 83.9 Å². The van der Waals surface area contributed by atoms with E-state index in [1.807, 2.05) is 71.6 Å². The molecule has 3 N–H and O–H groups in total. The first-order valence-corrected chi connectivity index (χ1v) is 9.72. The van der Waals surface area contributed by atoms with Crippen LogP contribution in [0.3, 0.4) is 0 Å². The molecule has 0 fully saturated rings. The minimum absolute atomic E-state index is 0.0377.